The number of thiazole rings is 2. The number of methoxy groups -OCH3 is 6. The summed E-state index contributed by atoms with van der Waals surface area (Å²) < 4.78 is 48.1. The summed E-state index contributed by atoms with van der Waals surface area (Å²) in [5.41, 5.74) is 8.37. The topological polar surface area (TPSA) is 116 Å². The Kier molecular flexibility index (Phi) is 15.4. The third-order valence-corrected chi connectivity index (χ3v) is 11.0. The quantitative estimate of drug-likeness (QED) is 0.0606. The number of aromatic nitrogens is 2. The summed E-state index contributed by atoms with van der Waals surface area (Å²) in [4.78, 5) is 27.0. The van der Waals surface area contributed by atoms with Crippen LogP contribution in [-0.2, 0) is 45.0 Å². The molecule has 52 heavy (non-hydrogen) atoms. The van der Waals surface area contributed by atoms with Crippen molar-refractivity contribution in [1.82, 2.24) is 0 Å². The molecule has 0 saturated carbocycles. The largest absolute Gasteiger partial charge is 0.493 e. The van der Waals surface area contributed by atoms with E-state index in [1.165, 1.54) is 0 Å². The summed E-state index contributed by atoms with van der Waals surface area (Å²) in [5, 5.41) is 0. The van der Waals surface area contributed by atoms with E-state index in [0.29, 0.717) is 86.5 Å². The molecule has 4 rings (SSSR count). The maximum absolute atomic E-state index is 12.4. The van der Waals surface area contributed by atoms with Crippen LogP contribution >= 0.6 is 22.7 Å². The van der Waals surface area contributed by atoms with Crippen LogP contribution in [0.2, 0.25) is 0 Å². The number of carbonyl (C=O) groups excluding carboxylic acids is 2. The first-order valence-electron chi connectivity index (χ1n) is 17.0. The van der Waals surface area contributed by atoms with Gasteiger partial charge in [0, 0.05) is 50.7 Å². The van der Waals surface area contributed by atoms with Crippen molar-refractivity contribution in [1.29, 1.82) is 0 Å². The summed E-state index contributed by atoms with van der Waals surface area (Å²) in [6, 6.07) is 7.76. The van der Waals surface area contributed by atoms with Crippen LogP contribution in [0.1, 0.15) is 58.0 Å². The number of hydrogen-bond donors (Lipinski definition) is 0. The number of benzene rings is 2. The number of hydrogen-bond acceptors (Lipinski definition) is 12. The van der Waals surface area contributed by atoms with Crippen molar-refractivity contribution in [3.63, 3.8) is 0 Å². The number of esters is 2. The van der Waals surface area contributed by atoms with Gasteiger partial charge in [-0.2, -0.15) is 9.13 Å². The second kappa shape index (κ2) is 19.9. The van der Waals surface area contributed by atoms with Gasteiger partial charge in [0.25, 0.3) is 0 Å². The van der Waals surface area contributed by atoms with E-state index in [-0.39, 0.29) is 24.8 Å². The van der Waals surface area contributed by atoms with Crippen molar-refractivity contribution < 1.29 is 56.6 Å². The summed E-state index contributed by atoms with van der Waals surface area (Å²) in [6.07, 6.45) is 2.91. The first-order chi connectivity index (χ1) is 25.1. The van der Waals surface area contributed by atoms with Gasteiger partial charge in [-0.1, -0.05) is 22.7 Å². The average Bonchev–Trinajstić information content (AvgIpc) is 3.68. The molecule has 0 spiro atoms. The smallest absolute Gasteiger partial charge is 0.305 e. The van der Waals surface area contributed by atoms with Crippen LogP contribution in [0.3, 0.4) is 0 Å². The molecule has 0 aliphatic rings. The first kappa shape index (κ1) is 40.2. The lowest BCUT2D eigenvalue weighted by Gasteiger charge is -2.13. The molecule has 0 fully saturated rings. The fourth-order valence-corrected chi connectivity index (χ4v) is 7.69. The monoisotopic (exact) mass is 758 g/mol. The normalized spacial score (nSPS) is 10.8. The lowest BCUT2D eigenvalue weighted by Crippen LogP contribution is -2.35. The molecule has 0 radical (unpaired) electrons. The molecule has 0 unspecified atom stereocenters. The molecule has 282 valence electrons. The number of nitrogens with zero attached hydrogens (tertiary/aromatic N) is 2. The van der Waals surface area contributed by atoms with Crippen molar-refractivity contribution in [3.05, 3.63) is 67.6 Å². The maximum Gasteiger partial charge on any atom is 0.305 e. The van der Waals surface area contributed by atoms with Gasteiger partial charge in [-0.15, -0.1) is 0 Å². The lowest BCUT2D eigenvalue weighted by atomic mass is 10.1. The van der Waals surface area contributed by atoms with Crippen LogP contribution in [-0.4, -0.2) is 67.8 Å². The zero-order chi connectivity index (χ0) is 37.6. The highest BCUT2D eigenvalue weighted by molar-refractivity contribution is 7.09. The fraction of sp³-hybridized carbons (Fsp3) is 0.474. The van der Waals surface area contributed by atoms with Gasteiger partial charge in [0.1, 0.15) is 0 Å². The molecule has 2 heterocycles. The third-order valence-electron chi connectivity index (χ3n) is 8.66. The molecule has 4 aromatic rings. The van der Waals surface area contributed by atoms with E-state index in [4.69, 9.17) is 37.9 Å². The maximum atomic E-state index is 12.4. The zero-order valence-corrected chi connectivity index (χ0v) is 33.0. The molecule has 14 heteroatoms. The third kappa shape index (κ3) is 10.5. The van der Waals surface area contributed by atoms with Crippen molar-refractivity contribution in [2.24, 2.45) is 0 Å². The number of carbonyl (C=O) groups is 2. The van der Waals surface area contributed by atoms with E-state index in [1.807, 2.05) is 24.3 Å². The molecule has 0 bridgehead atoms. The average molecular weight is 759 g/mol. The van der Waals surface area contributed by atoms with E-state index in [0.717, 1.165) is 32.3 Å². The van der Waals surface area contributed by atoms with E-state index in [1.54, 1.807) is 65.3 Å². The van der Waals surface area contributed by atoms with Crippen molar-refractivity contribution in [2.45, 2.75) is 65.5 Å². The lowest BCUT2D eigenvalue weighted by molar-refractivity contribution is -0.689. The van der Waals surface area contributed by atoms with Crippen molar-refractivity contribution >= 4 is 34.6 Å². The minimum Gasteiger partial charge on any atom is -0.493 e. The van der Waals surface area contributed by atoms with E-state index in [9.17, 15) is 9.59 Å². The van der Waals surface area contributed by atoms with Gasteiger partial charge in [0.2, 0.25) is 22.5 Å². The van der Waals surface area contributed by atoms with Crippen LogP contribution < -0.4 is 37.6 Å². The van der Waals surface area contributed by atoms with E-state index >= 15 is 0 Å². The molecule has 0 aliphatic heterocycles. The van der Waals surface area contributed by atoms with Crippen LogP contribution in [0.4, 0.5) is 0 Å². The van der Waals surface area contributed by atoms with Gasteiger partial charge >= 0.3 is 11.9 Å². The summed E-state index contributed by atoms with van der Waals surface area (Å²) in [5.74, 6) is 3.03. The molecule has 12 nitrogen and oxygen atoms in total. The predicted molar refractivity (Wildman–Crippen MR) is 197 cm³/mol. The van der Waals surface area contributed by atoms with E-state index in [2.05, 4.69) is 34.0 Å². The Hall–Kier alpha value is -4.56. The second-order valence-electron chi connectivity index (χ2n) is 11.9. The Balaban J connectivity index is 1.13. The minimum absolute atomic E-state index is 0.262. The Morgan fingerprint density at radius 1 is 0.558 bits per heavy atom. The molecule has 0 atom stereocenters. The Bertz CT molecular complexity index is 1620. The fourth-order valence-electron chi connectivity index (χ4n) is 5.74. The van der Waals surface area contributed by atoms with Crippen molar-refractivity contribution in [2.75, 3.05) is 55.9 Å². The molecule has 2 aromatic carbocycles. The number of ether oxygens (including phenoxy) is 8. The Morgan fingerprint density at radius 3 is 1.21 bits per heavy atom. The van der Waals surface area contributed by atoms with Crippen LogP contribution in [0.15, 0.2) is 35.3 Å². The number of unbranched alkanes of at least 4 members (excludes halogenated alkanes) is 1. The van der Waals surface area contributed by atoms with Crippen LogP contribution in [0.5, 0.6) is 34.5 Å². The van der Waals surface area contributed by atoms with Gasteiger partial charge in [0.05, 0.1) is 65.6 Å². The number of rotatable bonds is 21. The minimum atomic E-state index is -0.263. The highest BCUT2D eigenvalue weighted by Gasteiger charge is 2.21. The molecular formula is C38H50N2O10S2+2. The van der Waals surface area contributed by atoms with Gasteiger partial charge < -0.3 is 37.9 Å². The summed E-state index contributed by atoms with van der Waals surface area (Å²) in [6.45, 7) is 5.98. The first-order valence-corrected chi connectivity index (χ1v) is 18.7. The zero-order valence-electron chi connectivity index (χ0n) is 31.3. The van der Waals surface area contributed by atoms with Gasteiger partial charge in [-0.25, -0.2) is 0 Å². The van der Waals surface area contributed by atoms with Crippen LogP contribution in [0.25, 0.3) is 0 Å². The molecule has 0 amide bonds. The van der Waals surface area contributed by atoms with Crippen molar-refractivity contribution in [3.8, 4) is 34.5 Å². The van der Waals surface area contributed by atoms with Gasteiger partial charge in [-0.3, -0.25) is 9.59 Å². The van der Waals surface area contributed by atoms with Gasteiger partial charge in [0.15, 0.2) is 47.5 Å². The molecule has 0 N–H and O–H groups in total. The Labute approximate surface area is 313 Å². The SMILES string of the molecule is COc1cc(C[n+]2csc(CCOC(=O)CCCCC(=O)OCCc3sc[n+](Cc4cc(OC)c(OC)c(OC)c4)c3C)c2C)cc(OC)c1OC. The van der Waals surface area contributed by atoms with E-state index < -0.39 is 0 Å². The molecular weight excluding hydrogens is 709 g/mol. The van der Waals surface area contributed by atoms with Gasteiger partial charge in [-0.05, 0) is 37.1 Å². The highest BCUT2D eigenvalue weighted by atomic mass is 32.1. The molecule has 0 saturated heterocycles. The highest BCUT2D eigenvalue weighted by Crippen LogP contribution is 2.39. The molecule has 0 aliphatic carbocycles. The predicted octanol–water partition coefficient (Wildman–Crippen LogP) is 5.58. The van der Waals surface area contributed by atoms with Crippen LogP contribution in [0, 0.1) is 13.8 Å². The summed E-state index contributed by atoms with van der Waals surface area (Å²) >= 11 is 3.26. The molecule has 2 aromatic heterocycles. The standard InChI is InChI=1S/C38H50N2O10S2/c1-25-33(51-23-39(25)21-27-17-29(43-3)37(47-7)30(18-27)44-4)13-15-49-35(41)11-9-10-12-36(42)50-16-14-34-26(2)40(24-52-34)22-28-19-31(45-5)38(48-8)32(20-28)46-6/h17-20,23-24H,9-16,21-22H2,1-8H3/q+2. The Morgan fingerprint density at radius 2 is 0.904 bits per heavy atom. The second-order valence-corrected chi connectivity index (χ2v) is 13.8. The summed E-state index contributed by atoms with van der Waals surface area (Å²) in [7, 11) is 9.57.